The van der Waals surface area contributed by atoms with Crippen LogP contribution in [-0.2, 0) is 10.9 Å². The minimum atomic E-state index is 0.329. The lowest BCUT2D eigenvalue weighted by Crippen LogP contribution is -2.06. The van der Waals surface area contributed by atoms with Crippen molar-refractivity contribution in [3.8, 4) is 11.5 Å². The summed E-state index contributed by atoms with van der Waals surface area (Å²) in [5, 5.41) is 5.06. The fourth-order valence-corrected chi connectivity index (χ4v) is 6.28. The molecule has 1 heterocycles. The average Bonchev–Trinajstić information content (AvgIpc) is 3.13. The summed E-state index contributed by atoms with van der Waals surface area (Å²) < 4.78 is 11.3. The van der Waals surface area contributed by atoms with Gasteiger partial charge in [0.15, 0.2) is 4.90 Å². The Morgan fingerprint density at radius 3 is 2.17 bits per heavy atom. The highest BCUT2D eigenvalue weighted by molar-refractivity contribution is 7.97. The summed E-state index contributed by atoms with van der Waals surface area (Å²) in [6.07, 6.45) is 2.68. The molecule has 0 spiro atoms. The van der Waals surface area contributed by atoms with Crippen molar-refractivity contribution in [1.82, 2.24) is 0 Å². The van der Waals surface area contributed by atoms with Gasteiger partial charge >= 0.3 is 0 Å². The zero-order chi connectivity index (χ0) is 15.8. The number of ether oxygens (including phenoxy) is 2. The maximum Gasteiger partial charge on any atom is 0.170 e. The first-order valence-electron chi connectivity index (χ1n) is 8.07. The van der Waals surface area contributed by atoms with E-state index in [2.05, 4.69) is 36.4 Å². The summed E-state index contributed by atoms with van der Waals surface area (Å²) in [7, 11) is 3.83. The van der Waals surface area contributed by atoms with Gasteiger partial charge in [-0.25, -0.2) is 0 Å². The number of rotatable bonds is 3. The van der Waals surface area contributed by atoms with Crippen molar-refractivity contribution >= 4 is 32.4 Å². The van der Waals surface area contributed by atoms with Gasteiger partial charge in [0.25, 0.3) is 0 Å². The fraction of sp³-hybridized carbons (Fsp3) is 0.300. The molecule has 3 heteroatoms. The van der Waals surface area contributed by atoms with Gasteiger partial charge in [0, 0.05) is 32.4 Å². The van der Waals surface area contributed by atoms with Crippen molar-refractivity contribution in [1.29, 1.82) is 0 Å². The van der Waals surface area contributed by atoms with Gasteiger partial charge < -0.3 is 9.47 Å². The molecule has 3 aromatic carbocycles. The Morgan fingerprint density at radius 1 is 0.783 bits per heavy atom. The maximum atomic E-state index is 5.79. The van der Waals surface area contributed by atoms with Crippen LogP contribution < -0.4 is 9.47 Å². The van der Waals surface area contributed by atoms with Crippen molar-refractivity contribution in [2.75, 3.05) is 25.7 Å². The topological polar surface area (TPSA) is 18.5 Å². The lowest BCUT2D eigenvalue weighted by molar-refractivity contribution is 0.415. The number of hydrogen-bond donors (Lipinski definition) is 0. The Morgan fingerprint density at radius 2 is 1.48 bits per heavy atom. The third-order valence-corrected chi connectivity index (χ3v) is 7.24. The monoisotopic (exact) mass is 325 g/mol. The molecule has 118 valence electrons. The highest BCUT2D eigenvalue weighted by atomic mass is 32.2. The Labute approximate surface area is 139 Å². The average molecular weight is 325 g/mol. The Kier molecular flexibility index (Phi) is 3.82. The normalized spacial score (nSPS) is 15.4. The molecule has 1 aliphatic rings. The summed E-state index contributed by atoms with van der Waals surface area (Å²) in [5.41, 5.74) is 0. The van der Waals surface area contributed by atoms with Crippen molar-refractivity contribution in [2.45, 2.75) is 17.7 Å². The Balaban J connectivity index is 2.15. The maximum absolute atomic E-state index is 5.79. The first-order chi connectivity index (χ1) is 11.3. The van der Waals surface area contributed by atoms with Crippen molar-refractivity contribution in [3.05, 3.63) is 42.5 Å². The summed E-state index contributed by atoms with van der Waals surface area (Å²) in [6.45, 7) is 0. The Hall–Kier alpha value is -1.87. The predicted octanol–water partition coefficient (Wildman–Crippen LogP) is 4.78. The molecule has 1 aliphatic heterocycles. The second-order valence-electron chi connectivity index (χ2n) is 5.93. The molecule has 0 aromatic heterocycles. The molecule has 1 saturated heterocycles. The van der Waals surface area contributed by atoms with Crippen LogP contribution in [0.4, 0.5) is 0 Å². The van der Waals surface area contributed by atoms with E-state index in [0.29, 0.717) is 10.9 Å². The SMILES string of the molecule is COc1ccc2c(OC)c3ccccc3c([S+]3CCCC3)c2c1. The molecule has 0 unspecified atom stereocenters. The molecule has 0 bridgehead atoms. The van der Waals surface area contributed by atoms with E-state index in [9.17, 15) is 0 Å². The van der Waals surface area contributed by atoms with Crippen LogP contribution in [0.25, 0.3) is 21.5 Å². The third-order valence-electron chi connectivity index (χ3n) is 4.66. The van der Waals surface area contributed by atoms with E-state index in [1.165, 1.54) is 50.8 Å². The molecule has 0 radical (unpaired) electrons. The zero-order valence-corrected chi connectivity index (χ0v) is 14.4. The second kappa shape index (κ2) is 5.97. The molecular weight excluding hydrogens is 304 g/mol. The molecule has 0 aliphatic carbocycles. The molecule has 1 fully saturated rings. The van der Waals surface area contributed by atoms with E-state index in [0.717, 1.165) is 11.5 Å². The smallest absolute Gasteiger partial charge is 0.170 e. The zero-order valence-electron chi connectivity index (χ0n) is 13.6. The van der Waals surface area contributed by atoms with Crippen LogP contribution in [-0.4, -0.2) is 25.7 Å². The van der Waals surface area contributed by atoms with Crippen molar-refractivity contribution < 1.29 is 9.47 Å². The molecule has 0 N–H and O–H groups in total. The van der Waals surface area contributed by atoms with E-state index in [4.69, 9.17) is 9.47 Å². The van der Waals surface area contributed by atoms with Crippen LogP contribution in [0.15, 0.2) is 47.4 Å². The number of hydrogen-bond acceptors (Lipinski definition) is 2. The summed E-state index contributed by atoms with van der Waals surface area (Å²) in [5.74, 6) is 4.51. The van der Waals surface area contributed by atoms with Crippen molar-refractivity contribution in [2.24, 2.45) is 0 Å². The van der Waals surface area contributed by atoms with E-state index in [1.54, 1.807) is 14.2 Å². The number of methoxy groups -OCH3 is 2. The molecule has 2 nitrogen and oxygen atoms in total. The van der Waals surface area contributed by atoms with Crippen LogP contribution in [0.3, 0.4) is 0 Å². The summed E-state index contributed by atoms with van der Waals surface area (Å²) in [4.78, 5) is 1.51. The highest BCUT2D eigenvalue weighted by Gasteiger charge is 2.32. The molecular formula is C20H21O2S+. The van der Waals surface area contributed by atoms with Gasteiger partial charge in [0.05, 0.1) is 14.2 Å². The van der Waals surface area contributed by atoms with Crippen LogP contribution in [0.1, 0.15) is 12.8 Å². The van der Waals surface area contributed by atoms with Gasteiger partial charge in [0.2, 0.25) is 0 Å². The fourth-order valence-electron chi connectivity index (χ4n) is 3.60. The molecule has 3 aromatic rings. The highest BCUT2D eigenvalue weighted by Crippen LogP contribution is 2.43. The first-order valence-corrected chi connectivity index (χ1v) is 9.63. The minimum absolute atomic E-state index is 0.329. The van der Waals surface area contributed by atoms with Crippen molar-refractivity contribution in [3.63, 3.8) is 0 Å². The third kappa shape index (κ3) is 2.34. The molecule has 23 heavy (non-hydrogen) atoms. The standard InChI is InChI=1S/C20H21O2S/c1-21-14-9-10-16-18(13-14)20(23-11-5-6-12-23)17-8-4-3-7-15(17)19(16)22-2/h3-4,7-10,13H,5-6,11-12H2,1-2H3/q+1. The quantitative estimate of drug-likeness (QED) is 0.509. The summed E-state index contributed by atoms with van der Waals surface area (Å²) >= 11 is 0. The second-order valence-corrected chi connectivity index (χ2v) is 8.14. The van der Waals surface area contributed by atoms with E-state index < -0.39 is 0 Å². The lowest BCUT2D eigenvalue weighted by Gasteiger charge is -2.15. The molecule has 0 amide bonds. The van der Waals surface area contributed by atoms with Gasteiger partial charge in [0.1, 0.15) is 23.0 Å². The van der Waals surface area contributed by atoms with Gasteiger partial charge in [-0.15, -0.1) is 0 Å². The molecule has 4 rings (SSSR count). The van der Waals surface area contributed by atoms with E-state index in [-0.39, 0.29) is 0 Å². The van der Waals surface area contributed by atoms with Crippen LogP contribution in [0.2, 0.25) is 0 Å². The number of benzene rings is 3. The van der Waals surface area contributed by atoms with Gasteiger partial charge in [-0.3, -0.25) is 0 Å². The largest absolute Gasteiger partial charge is 0.497 e. The van der Waals surface area contributed by atoms with Gasteiger partial charge in [-0.05, 0) is 37.1 Å². The van der Waals surface area contributed by atoms with E-state index in [1.807, 2.05) is 6.07 Å². The first kappa shape index (κ1) is 14.7. The van der Waals surface area contributed by atoms with Gasteiger partial charge in [-0.1, -0.05) is 18.2 Å². The molecule has 0 atom stereocenters. The van der Waals surface area contributed by atoms with Crippen LogP contribution in [0, 0.1) is 0 Å². The van der Waals surface area contributed by atoms with E-state index >= 15 is 0 Å². The summed E-state index contributed by atoms with van der Waals surface area (Å²) in [6, 6.07) is 15.0. The predicted molar refractivity (Wildman–Crippen MR) is 99.2 cm³/mol. The number of fused-ring (bicyclic) bond motifs is 2. The Bertz CT molecular complexity index is 866. The van der Waals surface area contributed by atoms with Crippen LogP contribution >= 0.6 is 0 Å². The molecule has 0 saturated carbocycles. The van der Waals surface area contributed by atoms with Crippen LogP contribution in [0.5, 0.6) is 11.5 Å². The lowest BCUT2D eigenvalue weighted by atomic mass is 10.0. The van der Waals surface area contributed by atoms with Gasteiger partial charge in [-0.2, -0.15) is 0 Å². The minimum Gasteiger partial charge on any atom is -0.497 e.